The molecule has 1 N–H and O–H groups in total. The number of para-hydroxylation sites is 1. The third kappa shape index (κ3) is 6.42. The monoisotopic (exact) mass is 454 g/mol. The first-order valence-corrected chi connectivity index (χ1v) is 10.7. The topological polar surface area (TPSA) is 113 Å². The van der Waals surface area contributed by atoms with Crippen LogP contribution in [0.25, 0.3) is 0 Å². The van der Waals surface area contributed by atoms with Gasteiger partial charge in [-0.15, -0.1) is 0 Å². The van der Waals surface area contributed by atoms with E-state index in [0.717, 1.165) is 0 Å². The smallest absolute Gasteiger partial charge is 0.340 e. The summed E-state index contributed by atoms with van der Waals surface area (Å²) in [5, 5.41) is 3.31. The van der Waals surface area contributed by atoms with Crippen molar-refractivity contribution in [2.24, 2.45) is 0 Å². The van der Waals surface area contributed by atoms with Gasteiger partial charge in [-0.2, -0.15) is 0 Å². The van der Waals surface area contributed by atoms with E-state index in [4.69, 9.17) is 14.2 Å². The van der Waals surface area contributed by atoms with Crippen molar-refractivity contribution in [3.8, 4) is 11.5 Å². The van der Waals surface area contributed by atoms with E-state index in [9.17, 15) is 9.59 Å². The van der Waals surface area contributed by atoms with Crippen molar-refractivity contribution in [1.82, 2.24) is 15.0 Å². The SMILES string of the molecule is CCOC(=O)c1ccccc1NC(=O)COc1cc(CSc2ncccn2)ncc1OC. The summed E-state index contributed by atoms with van der Waals surface area (Å²) in [4.78, 5) is 37.2. The lowest BCUT2D eigenvalue weighted by Gasteiger charge is -2.13. The molecule has 0 unspecified atom stereocenters. The number of anilines is 1. The summed E-state index contributed by atoms with van der Waals surface area (Å²) in [6.07, 6.45) is 4.87. The first-order valence-electron chi connectivity index (χ1n) is 9.72. The number of methoxy groups -OCH3 is 1. The minimum Gasteiger partial charge on any atom is -0.491 e. The third-order valence-corrected chi connectivity index (χ3v) is 4.96. The standard InChI is InChI=1S/C22H22N4O5S/c1-3-30-21(28)16-7-4-5-8-17(16)26-20(27)13-31-18-11-15(25-12-19(18)29-2)14-32-22-23-9-6-10-24-22/h4-12H,3,13-14H2,1-2H3,(H,26,27). The van der Waals surface area contributed by atoms with Gasteiger partial charge < -0.3 is 19.5 Å². The number of amides is 1. The number of benzene rings is 1. The number of ether oxygens (including phenoxy) is 3. The molecule has 0 spiro atoms. The number of rotatable bonds is 10. The lowest BCUT2D eigenvalue weighted by Crippen LogP contribution is -2.22. The molecule has 0 aliphatic rings. The first-order chi connectivity index (χ1) is 15.6. The number of esters is 1. The zero-order chi connectivity index (χ0) is 22.8. The summed E-state index contributed by atoms with van der Waals surface area (Å²) in [5.74, 6) is 0.345. The third-order valence-electron chi connectivity index (χ3n) is 4.05. The van der Waals surface area contributed by atoms with Crippen LogP contribution in [0.5, 0.6) is 11.5 Å². The second kappa shape index (κ2) is 11.7. The Morgan fingerprint density at radius 3 is 2.59 bits per heavy atom. The second-order valence-corrected chi connectivity index (χ2v) is 7.19. The highest BCUT2D eigenvalue weighted by Crippen LogP contribution is 2.29. The number of nitrogens with zero attached hydrogens (tertiary/aromatic N) is 3. The van der Waals surface area contributed by atoms with Crippen LogP contribution < -0.4 is 14.8 Å². The van der Waals surface area contributed by atoms with Gasteiger partial charge in [-0.25, -0.2) is 14.8 Å². The molecule has 2 heterocycles. The van der Waals surface area contributed by atoms with Crippen LogP contribution in [-0.4, -0.2) is 47.2 Å². The van der Waals surface area contributed by atoms with Crippen LogP contribution >= 0.6 is 11.8 Å². The predicted molar refractivity (Wildman–Crippen MR) is 119 cm³/mol. The minimum atomic E-state index is -0.510. The van der Waals surface area contributed by atoms with Crippen LogP contribution in [0, 0.1) is 0 Å². The number of carbonyl (C=O) groups is 2. The number of nitrogens with one attached hydrogen (secondary N) is 1. The summed E-state index contributed by atoms with van der Waals surface area (Å²) in [6.45, 7) is 1.67. The Hall–Kier alpha value is -3.66. The first kappa shape index (κ1) is 23.0. The van der Waals surface area contributed by atoms with E-state index in [-0.39, 0.29) is 18.8 Å². The van der Waals surface area contributed by atoms with Gasteiger partial charge in [0.1, 0.15) is 0 Å². The summed E-state index contributed by atoms with van der Waals surface area (Å²) in [5.41, 5.74) is 1.33. The molecule has 3 aromatic rings. The Bertz CT molecular complexity index is 1070. The van der Waals surface area contributed by atoms with E-state index in [1.54, 1.807) is 55.7 Å². The Labute approximate surface area is 189 Å². The molecule has 10 heteroatoms. The van der Waals surface area contributed by atoms with Crippen LogP contribution in [0.15, 0.2) is 60.1 Å². The van der Waals surface area contributed by atoms with Gasteiger partial charge in [0.15, 0.2) is 23.3 Å². The van der Waals surface area contributed by atoms with Crippen molar-refractivity contribution in [2.75, 3.05) is 25.6 Å². The summed E-state index contributed by atoms with van der Waals surface area (Å²) in [7, 11) is 1.49. The number of aromatic nitrogens is 3. The number of pyridine rings is 1. The molecule has 3 rings (SSSR count). The molecule has 9 nitrogen and oxygen atoms in total. The fourth-order valence-corrected chi connectivity index (χ4v) is 3.32. The van der Waals surface area contributed by atoms with E-state index in [1.165, 1.54) is 25.1 Å². The molecule has 0 aliphatic carbocycles. The maximum atomic E-state index is 12.4. The van der Waals surface area contributed by atoms with Gasteiger partial charge >= 0.3 is 5.97 Å². The normalized spacial score (nSPS) is 10.3. The van der Waals surface area contributed by atoms with Crippen molar-refractivity contribution in [3.63, 3.8) is 0 Å². The molecule has 166 valence electrons. The summed E-state index contributed by atoms with van der Waals surface area (Å²) >= 11 is 1.43. The van der Waals surface area contributed by atoms with E-state index < -0.39 is 11.9 Å². The van der Waals surface area contributed by atoms with Gasteiger partial charge in [-0.1, -0.05) is 23.9 Å². The zero-order valence-corrected chi connectivity index (χ0v) is 18.4. The number of thioether (sulfide) groups is 1. The molecule has 0 fully saturated rings. The second-order valence-electron chi connectivity index (χ2n) is 6.25. The highest BCUT2D eigenvalue weighted by atomic mass is 32.2. The quantitative estimate of drug-likeness (QED) is 0.280. The molecule has 32 heavy (non-hydrogen) atoms. The maximum absolute atomic E-state index is 12.4. The Morgan fingerprint density at radius 2 is 1.84 bits per heavy atom. The Kier molecular flexibility index (Phi) is 8.38. The van der Waals surface area contributed by atoms with Gasteiger partial charge in [0.05, 0.1) is 36.9 Å². The number of hydrogen-bond donors (Lipinski definition) is 1. The van der Waals surface area contributed by atoms with Gasteiger partial charge in [-0.05, 0) is 25.1 Å². The summed E-state index contributed by atoms with van der Waals surface area (Å²) in [6, 6.07) is 10.1. The Balaban J connectivity index is 1.63. The lowest BCUT2D eigenvalue weighted by molar-refractivity contribution is -0.118. The van der Waals surface area contributed by atoms with Crippen LogP contribution in [0.2, 0.25) is 0 Å². The largest absolute Gasteiger partial charge is 0.491 e. The van der Waals surface area contributed by atoms with Gasteiger partial charge in [0, 0.05) is 24.2 Å². The molecule has 2 aromatic heterocycles. The molecule has 0 aliphatic heterocycles. The van der Waals surface area contributed by atoms with Crippen LogP contribution in [0.4, 0.5) is 5.69 Å². The maximum Gasteiger partial charge on any atom is 0.340 e. The van der Waals surface area contributed by atoms with Gasteiger partial charge in [0.2, 0.25) is 0 Å². The van der Waals surface area contributed by atoms with Crippen molar-refractivity contribution in [1.29, 1.82) is 0 Å². The fourth-order valence-electron chi connectivity index (χ4n) is 2.62. The lowest BCUT2D eigenvalue weighted by atomic mass is 10.2. The van der Waals surface area contributed by atoms with Gasteiger partial charge in [0.25, 0.3) is 5.91 Å². The van der Waals surface area contributed by atoms with Gasteiger partial charge in [-0.3, -0.25) is 9.78 Å². The molecule has 0 radical (unpaired) electrons. The predicted octanol–water partition coefficient (Wildman–Crippen LogP) is 3.37. The van der Waals surface area contributed by atoms with Crippen molar-refractivity contribution in [3.05, 3.63) is 66.2 Å². The van der Waals surface area contributed by atoms with E-state index in [2.05, 4.69) is 20.3 Å². The van der Waals surface area contributed by atoms with Crippen LogP contribution in [0.3, 0.4) is 0 Å². The van der Waals surface area contributed by atoms with E-state index in [1.807, 2.05) is 0 Å². The number of carbonyl (C=O) groups excluding carboxylic acids is 2. The molecule has 1 aromatic carbocycles. The Morgan fingerprint density at radius 1 is 1.06 bits per heavy atom. The molecule has 0 saturated carbocycles. The molecule has 0 bridgehead atoms. The molecule has 0 atom stereocenters. The van der Waals surface area contributed by atoms with Crippen molar-refractivity contribution in [2.45, 2.75) is 17.8 Å². The molecule has 0 saturated heterocycles. The van der Waals surface area contributed by atoms with Crippen molar-refractivity contribution < 1.29 is 23.8 Å². The van der Waals surface area contributed by atoms with Crippen molar-refractivity contribution >= 4 is 29.3 Å². The average molecular weight is 455 g/mol. The highest BCUT2D eigenvalue weighted by molar-refractivity contribution is 7.98. The van der Waals surface area contributed by atoms with E-state index in [0.29, 0.717) is 33.8 Å². The van der Waals surface area contributed by atoms with E-state index >= 15 is 0 Å². The van der Waals surface area contributed by atoms with Crippen LogP contribution in [0.1, 0.15) is 23.0 Å². The average Bonchev–Trinajstić information content (AvgIpc) is 2.82. The zero-order valence-electron chi connectivity index (χ0n) is 17.6. The van der Waals surface area contributed by atoms with Crippen LogP contribution in [-0.2, 0) is 15.3 Å². The number of hydrogen-bond acceptors (Lipinski definition) is 9. The molecular weight excluding hydrogens is 432 g/mol. The highest BCUT2D eigenvalue weighted by Gasteiger charge is 2.15. The molecule has 1 amide bonds. The minimum absolute atomic E-state index is 0.239. The fraction of sp³-hybridized carbons (Fsp3) is 0.227. The summed E-state index contributed by atoms with van der Waals surface area (Å²) < 4.78 is 16.0. The molecular formula is C22H22N4O5S.